The van der Waals surface area contributed by atoms with E-state index in [4.69, 9.17) is 4.74 Å². The number of hydrogen-bond donors (Lipinski definition) is 1. The Labute approximate surface area is 147 Å². The molecule has 0 saturated carbocycles. The number of rotatable bonds is 5. The summed E-state index contributed by atoms with van der Waals surface area (Å²) < 4.78 is 6.75. The Morgan fingerprint density at radius 1 is 1.43 bits per heavy atom. The fraction of sp³-hybridized carbons (Fsp3) is 0.500. The van der Waals surface area contributed by atoms with E-state index in [1.54, 1.807) is 6.08 Å². The quantitative estimate of drug-likeness (QED) is 0.798. The van der Waals surface area contributed by atoms with Crippen LogP contribution in [0.15, 0.2) is 34.8 Å². The van der Waals surface area contributed by atoms with Crippen molar-refractivity contribution >= 4 is 27.9 Å². The highest BCUT2D eigenvalue weighted by Crippen LogP contribution is 2.14. The van der Waals surface area contributed by atoms with Crippen LogP contribution in [0, 0.1) is 0 Å². The predicted molar refractivity (Wildman–Crippen MR) is 97.2 cm³/mol. The summed E-state index contributed by atoms with van der Waals surface area (Å²) in [5, 5.41) is 2.97. The number of carbonyl (C=O) groups is 1. The molecule has 23 heavy (non-hydrogen) atoms. The maximum Gasteiger partial charge on any atom is 0.244 e. The zero-order valence-electron chi connectivity index (χ0n) is 14.0. The Hall–Kier alpha value is -1.17. The third kappa shape index (κ3) is 6.09. The van der Waals surface area contributed by atoms with Crippen LogP contribution in [0.4, 0.5) is 0 Å². The number of morpholine rings is 1. The van der Waals surface area contributed by atoms with Crippen LogP contribution >= 0.6 is 15.9 Å². The third-order valence-corrected chi connectivity index (χ3v) is 4.41. The molecule has 1 aliphatic rings. The molecule has 4 nitrogen and oxygen atoms in total. The molecule has 0 aliphatic carbocycles. The Morgan fingerprint density at radius 3 is 2.78 bits per heavy atom. The van der Waals surface area contributed by atoms with Crippen molar-refractivity contribution in [2.45, 2.75) is 39.0 Å². The van der Waals surface area contributed by atoms with Gasteiger partial charge in [0, 0.05) is 36.2 Å². The molecule has 0 aromatic heterocycles. The van der Waals surface area contributed by atoms with Crippen LogP contribution in [0.2, 0.25) is 0 Å². The first kappa shape index (κ1) is 18.2. The van der Waals surface area contributed by atoms with Crippen molar-refractivity contribution in [2.24, 2.45) is 0 Å². The van der Waals surface area contributed by atoms with Crippen LogP contribution in [-0.2, 0) is 9.53 Å². The second kappa shape index (κ2) is 8.62. The summed E-state index contributed by atoms with van der Waals surface area (Å²) >= 11 is 3.42. The molecule has 1 aromatic rings. The summed E-state index contributed by atoms with van der Waals surface area (Å²) in [5.41, 5.74) is 0.999. The maximum atomic E-state index is 12.0. The lowest BCUT2D eigenvalue weighted by Crippen LogP contribution is -2.52. The van der Waals surface area contributed by atoms with Gasteiger partial charge in [0.25, 0.3) is 0 Å². The first-order valence-corrected chi connectivity index (χ1v) is 8.84. The lowest BCUT2D eigenvalue weighted by atomic mass is 10.1. The van der Waals surface area contributed by atoms with Gasteiger partial charge in [0.2, 0.25) is 5.91 Å². The van der Waals surface area contributed by atoms with E-state index >= 15 is 0 Å². The number of ether oxygens (including phenoxy) is 1. The Morgan fingerprint density at radius 2 is 2.13 bits per heavy atom. The number of carbonyl (C=O) groups excluding carboxylic acids is 1. The molecule has 0 bridgehead atoms. The van der Waals surface area contributed by atoms with Gasteiger partial charge >= 0.3 is 0 Å². The standard InChI is InChI=1S/C18H25BrN2O2/c1-13(21-11-14(2)23-15(3)12-21)10-20-18(22)8-7-16-5-4-6-17(19)9-16/h4-9,13-15H,10-12H2,1-3H3,(H,20,22)/b8-7+. The Balaban J connectivity index is 1.79. The van der Waals surface area contributed by atoms with Crippen molar-refractivity contribution in [3.8, 4) is 0 Å². The highest BCUT2D eigenvalue weighted by molar-refractivity contribution is 9.10. The van der Waals surface area contributed by atoms with E-state index in [9.17, 15) is 4.79 Å². The SMILES string of the molecule is CC1CN(C(C)CNC(=O)/C=C/c2cccc(Br)c2)CC(C)O1. The molecule has 5 heteroatoms. The topological polar surface area (TPSA) is 41.6 Å². The molecule has 1 amide bonds. The number of halogens is 1. The van der Waals surface area contributed by atoms with Gasteiger partial charge in [-0.15, -0.1) is 0 Å². The van der Waals surface area contributed by atoms with Crippen LogP contribution in [0.1, 0.15) is 26.3 Å². The summed E-state index contributed by atoms with van der Waals surface area (Å²) in [5.74, 6) is -0.0637. The van der Waals surface area contributed by atoms with Gasteiger partial charge in [-0.2, -0.15) is 0 Å². The van der Waals surface area contributed by atoms with E-state index in [-0.39, 0.29) is 18.1 Å². The molecule has 2 rings (SSSR count). The maximum absolute atomic E-state index is 12.0. The van der Waals surface area contributed by atoms with E-state index in [0.29, 0.717) is 12.6 Å². The number of nitrogens with one attached hydrogen (secondary N) is 1. The van der Waals surface area contributed by atoms with Crippen molar-refractivity contribution in [1.82, 2.24) is 10.2 Å². The van der Waals surface area contributed by atoms with Gasteiger partial charge in [-0.1, -0.05) is 28.1 Å². The fourth-order valence-electron chi connectivity index (χ4n) is 2.80. The van der Waals surface area contributed by atoms with Gasteiger partial charge < -0.3 is 10.1 Å². The van der Waals surface area contributed by atoms with Crippen LogP contribution in [-0.4, -0.2) is 48.7 Å². The van der Waals surface area contributed by atoms with E-state index in [2.05, 4.69) is 46.9 Å². The molecule has 1 fully saturated rings. The molecule has 1 aliphatic heterocycles. The van der Waals surface area contributed by atoms with Gasteiger partial charge in [0.05, 0.1) is 12.2 Å². The molecular weight excluding hydrogens is 356 g/mol. The lowest BCUT2D eigenvalue weighted by molar-refractivity contribution is -0.117. The van der Waals surface area contributed by atoms with Crippen LogP contribution < -0.4 is 5.32 Å². The molecule has 1 aromatic carbocycles. The van der Waals surface area contributed by atoms with Gasteiger partial charge in [0.15, 0.2) is 0 Å². The molecular formula is C18H25BrN2O2. The first-order valence-electron chi connectivity index (χ1n) is 8.05. The molecule has 1 saturated heterocycles. The molecule has 3 atom stereocenters. The minimum atomic E-state index is -0.0637. The summed E-state index contributed by atoms with van der Waals surface area (Å²) in [4.78, 5) is 14.3. The minimum absolute atomic E-state index is 0.0637. The predicted octanol–water partition coefficient (Wildman–Crippen LogP) is 3.08. The second-order valence-corrected chi connectivity index (χ2v) is 7.11. The average Bonchev–Trinajstić information content (AvgIpc) is 2.49. The largest absolute Gasteiger partial charge is 0.373 e. The van der Waals surface area contributed by atoms with Crippen molar-refractivity contribution in [2.75, 3.05) is 19.6 Å². The average molecular weight is 381 g/mol. The number of benzene rings is 1. The number of amides is 1. The Kier molecular flexibility index (Phi) is 6.81. The monoisotopic (exact) mass is 380 g/mol. The van der Waals surface area contributed by atoms with E-state index in [0.717, 1.165) is 23.1 Å². The van der Waals surface area contributed by atoms with Gasteiger partial charge in [-0.25, -0.2) is 0 Å². The normalized spacial score (nSPS) is 23.8. The van der Waals surface area contributed by atoms with Crippen LogP contribution in [0.25, 0.3) is 6.08 Å². The van der Waals surface area contributed by atoms with Crippen molar-refractivity contribution in [3.05, 3.63) is 40.4 Å². The minimum Gasteiger partial charge on any atom is -0.373 e. The van der Waals surface area contributed by atoms with Gasteiger partial charge in [-0.05, 0) is 44.5 Å². The second-order valence-electron chi connectivity index (χ2n) is 6.19. The van der Waals surface area contributed by atoms with Crippen LogP contribution in [0.5, 0.6) is 0 Å². The molecule has 0 radical (unpaired) electrons. The zero-order valence-corrected chi connectivity index (χ0v) is 15.5. The van der Waals surface area contributed by atoms with Crippen molar-refractivity contribution in [3.63, 3.8) is 0 Å². The van der Waals surface area contributed by atoms with Gasteiger partial charge in [0.1, 0.15) is 0 Å². The number of nitrogens with zero attached hydrogens (tertiary/aromatic N) is 1. The van der Waals surface area contributed by atoms with Gasteiger partial charge in [-0.3, -0.25) is 9.69 Å². The molecule has 126 valence electrons. The smallest absolute Gasteiger partial charge is 0.244 e. The summed E-state index contributed by atoms with van der Waals surface area (Å²) in [6.45, 7) is 8.79. The molecule has 1 N–H and O–H groups in total. The van der Waals surface area contributed by atoms with E-state index in [1.807, 2.05) is 30.3 Å². The van der Waals surface area contributed by atoms with Crippen LogP contribution in [0.3, 0.4) is 0 Å². The molecule has 1 heterocycles. The third-order valence-electron chi connectivity index (χ3n) is 3.92. The highest BCUT2D eigenvalue weighted by Gasteiger charge is 2.25. The fourth-order valence-corrected chi connectivity index (χ4v) is 3.21. The first-order chi connectivity index (χ1) is 10.9. The summed E-state index contributed by atoms with van der Waals surface area (Å²) in [6, 6.07) is 8.15. The molecule has 0 spiro atoms. The number of hydrogen-bond acceptors (Lipinski definition) is 3. The van der Waals surface area contributed by atoms with E-state index < -0.39 is 0 Å². The summed E-state index contributed by atoms with van der Waals surface area (Å²) in [6.07, 6.45) is 3.89. The Bertz CT molecular complexity index is 552. The van der Waals surface area contributed by atoms with Crippen molar-refractivity contribution < 1.29 is 9.53 Å². The lowest BCUT2D eigenvalue weighted by Gasteiger charge is -2.38. The summed E-state index contributed by atoms with van der Waals surface area (Å²) in [7, 11) is 0. The molecule has 3 unspecified atom stereocenters. The van der Waals surface area contributed by atoms with E-state index in [1.165, 1.54) is 0 Å². The zero-order chi connectivity index (χ0) is 16.8. The van der Waals surface area contributed by atoms with Crippen molar-refractivity contribution in [1.29, 1.82) is 0 Å². The highest BCUT2D eigenvalue weighted by atomic mass is 79.9.